The molecule has 16 heavy (non-hydrogen) atoms. The Kier molecular flexibility index (Phi) is 5.42. The fourth-order valence-electron chi connectivity index (χ4n) is 1.27. The van der Waals surface area contributed by atoms with E-state index in [0.717, 1.165) is 4.47 Å². The quantitative estimate of drug-likeness (QED) is 0.792. The highest BCUT2D eigenvalue weighted by Crippen LogP contribution is 2.15. The van der Waals surface area contributed by atoms with E-state index in [1.807, 2.05) is 0 Å². The van der Waals surface area contributed by atoms with Crippen molar-refractivity contribution in [2.24, 2.45) is 0 Å². The first kappa shape index (κ1) is 13.1. The van der Waals surface area contributed by atoms with Crippen molar-refractivity contribution < 1.29 is 14.3 Å². The maximum Gasteiger partial charge on any atom is 0.303 e. The lowest BCUT2D eigenvalue weighted by atomic mass is 10.2. The Bertz CT molecular complexity index is 371. The molecule has 0 heterocycles. The zero-order chi connectivity index (χ0) is 12.0. The normalized spacial score (nSPS) is 10.4. The molecule has 88 valence electrons. The van der Waals surface area contributed by atoms with Gasteiger partial charge in [-0.15, -0.1) is 0 Å². The summed E-state index contributed by atoms with van der Waals surface area (Å²) >= 11 is 3.27. The molecule has 0 fully saturated rings. The van der Waals surface area contributed by atoms with E-state index in [4.69, 9.17) is 5.11 Å². The lowest BCUT2D eigenvalue weighted by Gasteiger charge is -2.05. The Labute approximate surface area is 102 Å². The van der Waals surface area contributed by atoms with Crippen LogP contribution in [0.2, 0.25) is 0 Å². The van der Waals surface area contributed by atoms with Crippen LogP contribution in [0.1, 0.15) is 18.4 Å². The molecule has 3 nitrogen and oxygen atoms in total. The molecule has 1 aromatic carbocycles. The van der Waals surface area contributed by atoms with Gasteiger partial charge in [-0.05, 0) is 31.2 Å². The molecular formula is C11H13BrFNO2. The first-order valence-corrected chi connectivity index (χ1v) is 5.75. The minimum atomic E-state index is -0.810. The van der Waals surface area contributed by atoms with Gasteiger partial charge in [0, 0.05) is 23.0 Å². The van der Waals surface area contributed by atoms with Crippen molar-refractivity contribution in [2.45, 2.75) is 19.4 Å². The van der Waals surface area contributed by atoms with Gasteiger partial charge in [0.2, 0.25) is 0 Å². The second-order valence-corrected chi connectivity index (χ2v) is 4.33. The molecule has 0 atom stereocenters. The summed E-state index contributed by atoms with van der Waals surface area (Å²) in [5.74, 6) is -1.07. The van der Waals surface area contributed by atoms with E-state index in [1.165, 1.54) is 6.07 Å². The zero-order valence-corrected chi connectivity index (χ0v) is 10.3. The van der Waals surface area contributed by atoms with E-state index in [2.05, 4.69) is 21.2 Å². The minimum absolute atomic E-state index is 0.133. The minimum Gasteiger partial charge on any atom is -0.481 e. The maximum absolute atomic E-state index is 13.3. The number of aliphatic carboxylic acids is 1. The van der Waals surface area contributed by atoms with E-state index >= 15 is 0 Å². The Morgan fingerprint density at radius 1 is 1.50 bits per heavy atom. The number of halogens is 2. The number of rotatable bonds is 6. The van der Waals surface area contributed by atoms with Gasteiger partial charge in [0.25, 0.3) is 0 Å². The van der Waals surface area contributed by atoms with Crippen LogP contribution >= 0.6 is 15.9 Å². The van der Waals surface area contributed by atoms with Gasteiger partial charge in [-0.1, -0.05) is 15.9 Å². The molecule has 0 saturated carbocycles. The monoisotopic (exact) mass is 289 g/mol. The number of carbonyl (C=O) groups is 1. The fourth-order valence-corrected chi connectivity index (χ4v) is 1.67. The van der Waals surface area contributed by atoms with Crippen LogP contribution in [0.25, 0.3) is 0 Å². The Morgan fingerprint density at radius 2 is 2.25 bits per heavy atom. The van der Waals surface area contributed by atoms with Crippen LogP contribution in [0, 0.1) is 5.82 Å². The van der Waals surface area contributed by atoms with Crippen LogP contribution in [0.3, 0.4) is 0 Å². The number of benzene rings is 1. The number of nitrogens with one attached hydrogen (secondary N) is 1. The molecule has 0 aliphatic rings. The summed E-state index contributed by atoms with van der Waals surface area (Å²) in [6.07, 6.45) is 0.679. The third kappa shape index (κ3) is 4.72. The Balaban J connectivity index is 2.31. The first-order valence-electron chi connectivity index (χ1n) is 4.96. The lowest BCUT2D eigenvalue weighted by molar-refractivity contribution is -0.137. The lowest BCUT2D eigenvalue weighted by Crippen LogP contribution is -2.16. The first-order chi connectivity index (χ1) is 7.59. The van der Waals surface area contributed by atoms with Gasteiger partial charge in [0.15, 0.2) is 0 Å². The molecule has 5 heteroatoms. The molecule has 0 spiro atoms. The predicted molar refractivity (Wildman–Crippen MR) is 62.7 cm³/mol. The molecule has 0 aliphatic carbocycles. The van der Waals surface area contributed by atoms with Crippen molar-refractivity contribution in [1.29, 1.82) is 0 Å². The van der Waals surface area contributed by atoms with Gasteiger partial charge in [-0.2, -0.15) is 0 Å². The van der Waals surface area contributed by atoms with Gasteiger partial charge in [-0.3, -0.25) is 4.79 Å². The van der Waals surface area contributed by atoms with E-state index in [-0.39, 0.29) is 12.2 Å². The predicted octanol–water partition coefficient (Wildman–Crippen LogP) is 2.54. The van der Waals surface area contributed by atoms with Gasteiger partial charge in [-0.25, -0.2) is 4.39 Å². The number of hydrogen-bond acceptors (Lipinski definition) is 2. The van der Waals surface area contributed by atoms with Crippen LogP contribution in [-0.4, -0.2) is 17.6 Å². The molecule has 0 unspecified atom stereocenters. The average molecular weight is 290 g/mol. The average Bonchev–Trinajstić information content (AvgIpc) is 2.22. The van der Waals surface area contributed by atoms with Crippen molar-refractivity contribution in [1.82, 2.24) is 5.32 Å². The molecule has 0 amide bonds. The second-order valence-electron chi connectivity index (χ2n) is 3.41. The molecular weight excluding hydrogens is 277 g/mol. The fraction of sp³-hybridized carbons (Fsp3) is 0.364. The summed E-state index contributed by atoms with van der Waals surface area (Å²) in [4.78, 5) is 10.2. The standard InChI is InChI=1S/C11H13BrFNO2/c12-9-3-4-10(13)8(6-9)7-14-5-1-2-11(15)16/h3-4,6,14H,1-2,5,7H2,(H,15,16). The van der Waals surface area contributed by atoms with E-state index in [9.17, 15) is 9.18 Å². The van der Waals surface area contributed by atoms with Gasteiger partial charge in [0.05, 0.1) is 0 Å². The molecule has 2 N–H and O–H groups in total. The van der Waals surface area contributed by atoms with Crippen molar-refractivity contribution in [3.05, 3.63) is 34.1 Å². The van der Waals surface area contributed by atoms with Crippen LogP contribution in [0.4, 0.5) is 4.39 Å². The SMILES string of the molecule is O=C(O)CCCNCc1cc(Br)ccc1F. The highest BCUT2D eigenvalue weighted by Gasteiger charge is 2.02. The van der Waals surface area contributed by atoms with Gasteiger partial charge < -0.3 is 10.4 Å². The number of carboxylic acids is 1. The summed E-state index contributed by atoms with van der Waals surface area (Å²) in [7, 11) is 0. The van der Waals surface area contributed by atoms with Crippen molar-refractivity contribution in [3.63, 3.8) is 0 Å². The van der Waals surface area contributed by atoms with Crippen molar-refractivity contribution >= 4 is 21.9 Å². The summed E-state index contributed by atoms with van der Waals surface area (Å²) in [6.45, 7) is 0.975. The van der Waals surface area contributed by atoms with E-state index in [0.29, 0.717) is 25.1 Å². The third-order valence-electron chi connectivity index (χ3n) is 2.07. The van der Waals surface area contributed by atoms with E-state index < -0.39 is 5.97 Å². The second kappa shape index (κ2) is 6.60. The van der Waals surface area contributed by atoms with Crippen molar-refractivity contribution in [3.8, 4) is 0 Å². The van der Waals surface area contributed by atoms with Crippen LogP contribution in [-0.2, 0) is 11.3 Å². The molecule has 1 rings (SSSR count). The Hall–Kier alpha value is -0.940. The maximum atomic E-state index is 13.3. The molecule has 0 radical (unpaired) electrons. The highest BCUT2D eigenvalue weighted by atomic mass is 79.9. The number of hydrogen-bond donors (Lipinski definition) is 2. The summed E-state index contributed by atoms with van der Waals surface area (Å²) in [5, 5.41) is 11.4. The van der Waals surface area contributed by atoms with Crippen LogP contribution < -0.4 is 5.32 Å². The summed E-state index contributed by atoms with van der Waals surface area (Å²) in [6, 6.07) is 4.75. The molecule has 0 bridgehead atoms. The molecule has 0 saturated heterocycles. The summed E-state index contributed by atoms with van der Waals surface area (Å²) < 4.78 is 14.1. The third-order valence-corrected chi connectivity index (χ3v) is 2.56. The smallest absolute Gasteiger partial charge is 0.303 e. The van der Waals surface area contributed by atoms with Crippen LogP contribution in [0.15, 0.2) is 22.7 Å². The molecule has 0 aromatic heterocycles. The van der Waals surface area contributed by atoms with Gasteiger partial charge >= 0.3 is 5.97 Å². The van der Waals surface area contributed by atoms with Crippen molar-refractivity contribution in [2.75, 3.05) is 6.54 Å². The topological polar surface area (TPSA) is 49.3 Å². The highest BCUT2D eigenvalue weighted by molar-refractivity contribution is 9.10. The molecule has 0 aliphatic heterocycles. The summed E-state index contributed by atoms with van der Waals surface area (Å²) in [5.41, 5.74) is 0.574. The van der Waals surface area contributed by atoms with E-state index in [1.54, 1.807) is 12.1 Å². The molecule has 1 aromatic rings. The number of carboxylic acid groups (broad SMARTS) is 1. The zero-order valence-electron chi connectivity index (χ0n) is 8.67. The Morgan fingerprint density at radius 3 is 2.94 bits per heavy atom. The largest absolute Gasteiger partial charge is 0.481 e. The van der Waals surface area contributed by atoms with Crippen LogP contribution in [0.5, 0.6) is 0 Å². The van der Waals surface area contributed by atoms with Gasteiger partial charge in [0.1, 0.15) is 5.82 Å².